The van der Waals surface area contributed by atoms with Crippen molar-refractivity contribution in [3.05, 3.63) is 65.0 Å². The summed E-state index contributed by atoms with van der Waals surface area (Å²) < 4.78 is 18.7. The highest BCUT2D eigenvalue weighted by molar-refractivity contribution is 5.78. The predicted octanol–water partition coefficient (Wildman–Crippen LogP) is 3.28. The van der Waals surface area contributed by atoms with Gasteiger partial charge in [0, 0.05) is 13.1 Å². The second kappa shape index (κ2) is 9.18. The van der Waals surface area contributed by atoms with Gasteiger partial charge in [-0.3, -0.25) is 9.69 Å². The molecule has 0 unspecified atom stereocenters. The van der Waals surface area contributed by atoms with E-state index in [0.29, 0.717) is 19.6 Å². The van der Waals surface area contributed by atoms with Gasteiger partial charge >= 0.3 is 0 Å². The molecule has 25 heavy (non-hydrogen) atoms. The molecule has 2 aromatic rings. The number of aryl methyl sites for hydroxylation is 1. The Morgan fingerprint density at radius 2 is 2.00 bits per heavy atom. The molecule has 0 bridgehead atoms. The molecular weight excluding hydrogens is 319 g/mol. The molecule has 0 aromatic heterocycles. The monoisotopic (exact) mass is 344 g/mol. The number of methoxy groups -OCH3 is 1. The molecule has 0 fully saturated rings. The number of halogens is 1. The van der Waals surface area contributed by atoms with Crippen molar-refractivity contribution >= 4 is 5.91 Å². The van der Waals surface area contributed by atoms with E-state index in [1.54, 1.807) is 6.07 Å². The molecule has 0 radical (unpaired) electrons. The zero-order valence-corrected chi connectivity index (χ0v) is 15.0. The number of ether oxygens (including phenoxy) is 1. The van der Waals surface area contributed by atoms with Crippen molar-refractivity contribution in [3.63, 3.8) is 0 Å². The fourth-order valence-corrected chi connectivity index (χ4v) is 2.61. The van der Waals surface area contributed by atoms with E-state index in [1.807, 2.05) is 49.1 Å². The Kier molecular flexibility index (Phi) is 6.95. The Bertz CT molecular complexity index is 719. The number of carbonyl (C=O) groups excluding carboxylic acids is 1. The zero-order valence-electron chi connectivity index (χ0n) is 15.0. The van der Waals surface area contributed by atoms with E-state index in [2.05, 4.69) is 5.32 Å². The van der Waals surface area contributed by atoms with Gasteiger partial charge in [0.05, 0.1) is 13.7 Å². The number of carbonyl (C=O) groups is 1. The molecule has 2 aromatic carbocycles. The summed E-state index contributed by atoms with van der Waals surface area (Å²) in [5, 5.41) is 2.95. The van der Waals surface area contributed by atoms with Crippen molar-refractivity contribution in [2.24, 2.45) is 0 Å². The first-order valence-corrected chi connectivity index (χ1v) is 8.39. The van der Waals surface area contributed by atoms with Crippen LogP contribution in [0.15, 0.2) is 42.5 Å². The molecule has 0 heterocycles. The van der Waals surface area contributed by atoms with Gasteiger partial charge in [-0.2, -0.15) is 0 Å². The average Bonchev–Trinajstić information content (AvgIpc) is 2.60. The van der Waals surface area contributed by atoms with Crippen molar-refractivity contribution in [1.82, 2.24) is 10.2 Å². The Morgan fingerprint density at radius 1 is 1.24 bits per heavy atom. The van der Waals surface area contributed by atoms with E-state index in [4.69, 9.17) is 4.74 Å². The molecule has 0 aliphatic carbocycles. The van der Waals surface area contributed by atoms with E-state index in [9.17, 15) is 9.18 Å². The highest BCUT2D eigenvalue weighted by atomic mass is 19.1. The summed E-state index contributed by atoms with van der Waals surface area (Å²) in [5.74, 6) is -0.207. The lowest BCUT2D eigenvalue weighted by molar-refractivity contribution is -0.122. The highest BCUT2D eigenvalue weighted by Gasteiger charge is 2.11. The Morgan fingerprint density at radius 3 is 2.64 bits per heavy atom. The lowest BCUT2D eigenvalue weighted by Crippen LogP contribution is -2.36. The maximum absolute atomic E-state index is 13.8. The van der Waals surface area contributed by atoms with Crippen LogP contribution < -0.4 is 10.1 Å². The SMILES string of the molecule is CCN(CC(=O)NCc1ccccc1C)Cc1ccc(OC)c(F)c1. The number of benzene rings is 2. The fraction of sp³-hybridized carbons (Fsp3) is 0.350. The minimum atomic E-state index is -0.389. The zero-order chi connectivity index (χ0) is 18.2. The van der Waals surface area contributed by atoms with E-state index in [-0.39, 0.29) is 24.0 Å². The molecule has 2 rings (SSSR count). The molecule has 0 saturated heterocycles. The topological polar surface area (TPSA) is 41.6 Å². The summed E-state index contributed by atoms with van der Waals surface area (Å²) in [7, 11) is 1.44. The number of amides is 1. The molecule has 0 spiro atoms. The number of nitrogens with one attached hydrogen (secondary N) is 1. The average molecular weight is 344 g/mol. The third kappa shape index (κ3) is 5.57. The van der Waals surface area contributed by atoms with Gasteiger partial charge in [0.25, 0.3) is 0 Å². The van der Waals surface area contributed by atoms with Gasteiger partial charge in [-0.05, 0) is 42.3 Å². The number of hydrogen-bond acceptors (Lipinski definition) is 3. The van der Waals surface area contributed by atoms with Crippen molar-refractivity contribution < 1.29 is 13.9 Å². The summed E-state index contributed by atoms with van der Waals surface area (Å²) in [6.45, 7) is 6.00. The molecule has 0 aliphatic rings. The van der Waals surface area contributed by atoms with E-state index < -0.39 is 0 Å². The summed E-state index contributed by atoms with van der Waals surface area (Å²) >= 11 is 0. The minimum absolute atomic E-state index is 0.0425. The van der Waals surface area contributed by atoms with Crippen LogP contribution in [0, 0.1) is 12.7 Å². The summed E-state index contributed by atoms with van der Waals surface area (Å²) in [5.41, 5.74) is 3.08. The van der Waals surface area contributed by atoms with Crippen LogP contribution in [0.5, 0.6) is 5.75 Å². The van der Waals surface area contributed by atoms with Gasteiger partial charge in [0.2, 0.25) is 5.91 Å². The van der Waals surface area contributed by atoms with Crippen LogP contribution in [0.25, 0.3) is 0 Å². The first-order valence-electron chi connectivity index (χ1n) is 8.39. The molecule has 1 N–H and O–H groups in total. The lowest BCUT2D eigenvalue weighted by atomic mass is 10.1. The Hall–Kier alpha value is -2.40. The van der Waals surface area contributed by atoms with Crippen LogP contribution in [0.4, 0.5) is 4.39 Å². The molecule has 0 atom stereocenters. The molecule has 0 aliphatic heterocycles. The minimum Gasteiger partial charge on any atom is -0.494 e. The number of rotatable bonds is 8. The Labute approximate surface area is 148 Å². The number of likely N-dealkylation sites (N-methyl/N-ethyl adjacent to an activating group) is 1. The van der Waals surface area contributed by atoms with Gasteiger partial charge in [-0.15, -0.1) is 0 Å². The quantitative estimate of drug-likeness (QED) is 0.799. The van der Waals surface area contributed by atoms with Crippen LogP contribution in [-0.2, 0) is 17.9 Å². The molecule has 4 nitrogen and oxygen atoms in total. The number of nitrogens with zero attached hydrogens (tertiary/aromatic N) is 1. The molecule has 1 amide bonds. The van der Waals surface area contributed by atoms with Gasteiger partial charge in [0.15, 0.2) is 11.6 Å². The molecule has 134 valence electrons. The van der Waals surface area contributed by atoms with Gasteiger partial charge in [0.1, 0.15) is 0 Å². The van der Waals surface area contributed by atoms with E-state index in [1.165, 1.54) is 13.2 Å². The standard InChI is InChI=1S/C20H25FN2O2/c1-4-23(13-16-9-10-19(25-3)18(21)11-16)14-20(24)22-12-17-8-6-5-7-15(17)2/h5-11H,4,12-14H2,1-3H3,(H,22,24). The van der Waals surface area contributed by atoms with Crippen molar-refractivity contribution in [3.8, 4) is 5.75 Å². The fourth-order valence-electron chi connectivity index (χ4n) is 2.61. The molecule has 5 heteroatoms. The van der Waals surface area contributed by atoms with Crippen LogP contribution in [0.3, 0.4) is 0 Å². The highest BCUT2D eigenvalue weighted by Crippen LogP contribution is 2.18. The summed E-state index contributed by atoms with van der Waals surface area (Å²) in [4.78, 5) is 14.2. The van der Waals surface area contributed by atoms with E-state index in [0.717, 1.165) is 16.7 Å². The second-order valence-corrected chi connectivity index (χ2v) is 5.98. The Balaban J connectivity index is 1.89. The molecule has 0 saturated carbocycles. The number of hydrogen-bond donors (Lipinski definition) is 1. The van der Waals surface area contributed by atoms with Crippen LogP contribution in [0.2, 0.25) is 0 Å². The van der Waals surface area contributed by atoms with Gasteiger partial charge in [-0.25, -0.2) is 4.39 Å². The first-order chi connectivity index (χ1) is 12.0. The van der Waals surface area contributed by atoms with Crippen LogP contribution in [-0.4, -0.2) is 31.0 Å². The van der Waals surface area contributed by atoms with Crippen molar-refractivity contribution in [2.45, 2.75) is 26.9 Å². The van der Waals surface area contributed by atoms with Crippen LogP contribution in [0.1, 0.15) is 23.6 Å². The predicted molar refractivity (Wildman–Crippen MR) is 96.9 cm³/mol. The van der Waals surface area contributed by atoms with Crippen molar-refractivity contribution in [2.75, 3.05) is 20.2 Å². The smallest absolute Gasteiger partial charge is 0.234 e. The van der Waals surface area contributed by atoms with Crippen LogP contribution >= 0.6 is 0 Å². The first kappa shape index (κ1) is 18.9. The summed E-state index contributed by atoms with van der Waals surface area (Å²) in [6.07, 6.45) is 0. The maximum Gasteiger partial charge on any atom is 0.234 e. The third-order valence-corrected chi connectivity index (χ3v) is 4.17. The summed E-state index contributed by atoms with van der Waals surface area (Å²) in [6, 6.07) is 12.9. The van der Waals surface area contributed by atoms with Gasteiger partial charge < -0.3 is 10.1 Å². The third-order valence-electron chi connectivity index (χ3n) is 4.17. The molecular formula is C20H25FN2O2. The lowest BCUT2D eigenvalue weighted by Gasteiger charge is -2.20. The largest absolute Gasteiger partial charge is 0.494 e. The maximum atomic E-state index is 13.8. The second-order valence-electron chi connectivity index (χ2n) is 5.98. The van der Waals surface area contributed by atoms with Gasteiger partial charge in [-0.1, -0.05) is 37.3 Å². The normalized spacial score (nSPS) is 10.8. The van der Waals surface area contributed by atoms with E-state index >= 15 is 0 Å². The van der Waals surface area contributed by atoms with Crippen molar-refractivity contribution in [1.29, 1.82) is 0 Å².